The number of pyridine rings is 1. The Hall–Kier alpha value is -3.13. The van der Waals surface area contributed by atoms with E-state index in [4.69, 9.17) is 11.6 Å². The molecule has 2 fully saturated rings. The monoisotopic (exact) mass is 454 g/mol. The van der Waals surface area contributed by atoms with Gasteiger partial charge in [0.05, 0.1) is 13.0 Å². The van der Waals surface area contributed by atoms with Crippen molar-refractivity contribution in [2.45, 2.75) is 37.9 Å². The summed E-state index contributed by atoms with van der Waals surface area (Å²) in [5, 5.41) is 3.22. The standard InChI is InChI=1S/C23H23ClN4O4/c24-17-6-4-14(5-7-17)11-28-22(31)18(25-23(28)32)9-21(30)26-10-15-8-16(13-26)19-2-1-3-20(29)27(19)12-15/h1-7,15-16,18H,8-13H2,(H,25,32)/t15-,16+,18-/m1/s1. The van der Waals surface area contributed by atoms with Crippen LogP contribution in [0, 0.1) is 5.92 Å². The van der Waals surface area contributed by atoms with Gasteiger partial charge in [-0.3, -0.25) is 19.3 Å². The molecule has 1 N–H and O–H groups in total. The van der Waals surface area contributed by atoms with Gasteiger partial charge in [0.15, 0.2) is 0 Å². The van der Waals surface area contributed by atoms with E-state index in [1.807, 2.05) is 10.6 Å². The molecule has 1 aromatic heterocycles. The van der Waals surface area contributed by atoms with Gasteiger partial charge in [0.1, 0.15) is 6.04 Å². The van der Waals surface area contributed by atoms with Gasteiger partial charge in [-0.15, -0.1) is 0 Å². The molecule has 1 aromatic carbocycles. The Morgan fingerprint density at radius 3 is 2.59 bits per heavy atom. The van der Waals surface area contributed by atoms with Gasteiger partial charge in [0, 0.05) is 42.3 Å². The number of likely N-dealkylation sites (tertiary alicyclic amines) is 1. The molecular formula is C23H23ClN4O4. The van der Waals surface area contributed by atoms with Crippen molar-refractivity contribution < 1.29 is 14.4 Å². The number of fused-ring (bicyclic) bond motifs is 4. The number of urea groups is 1. The number of halogens is 1. The van der Waals surface area contributed by atoms with E-state index in [-0.39, 0.29) is 36.3 Å². The number of piperidine rings is 1. The van der Waals surface area contributed by atoms with Crippen molar-refractivity contribution in [2.24, 2.45) is 5.92 Å². The first kappa shape index (κ1) is 20.8. The Bertz CT molecular complexity index is 1150. The molecular weight excluding hydrogens is 432 g/mol. The summed E-state index contributed by atoms with van der Waals surface area (Å²) in [7, 11) is 0. The third-order valence-corrected chi connectivity index (χ3v) is 6.82. The van der Waals surface area contributed by atoms with Gasteiger partial charge in [-0.1, -0.05) is 29.8 Å². The van der Waals surface area contributed by atoms with Crippen LogP contribution in [0.2, 0.25) is 5.02 Å². The van der Waals surface area contributed by atoms with Crippen LogP contribution < -0.4 is 10.9 Å². The summed E-state index contributed by atoms with van der Waals surface area (Å²) in [4.78, 5) is 53.3. The molecule has 2 saturated heterocycles. The quantitative estimate of drug-likeness (QED) is 0.715. The summed E-state index contributed by atoms with van der Waals surface area (Å²) in [6.07, 6.45) is 0.879. The summed E-state index contributed by atoms with van der Waals surface area (Å²) in [5.74, 6) is -0.234. The molecule has 9 heteroatoms. The maximum Gasteiger partial charge on any atom is 0.325 e. The lowest BCUT2D eigenvalue weighted by molar-refractivity contribution is -0.137. The van der Waals surface area contributed by atoms with Gasteiger partial charge in [0.25, 0.3) is 11.5 Å². The van der Waals surface area contributed by atoms with Crippen LogP contribution in [0.1, 0.15) is 30.0 Å². The maximum absolute atomic E-state index is 13.0. The van der Waals surface area contributed by atoms with Crippen molar-refractivity contribution in [3.8, 4) is 0 Å². The minimum atomic E-state index is -0.862. The molecule has 0 radical (unpaired) electrons. The molecule has 3 aliphatic rings. The molecule has 0 spiro atoms. The van der Waals surface area contributed by atoms with Crippen LogP contribution in [0.4, 0.5) is 4.79 Å². The number of nitrogens with one attached hydrogen (secondary N) is 1. The van der Waals surface area contributed by atoms with Crippen molar-refractivity contribution in [1.82, 2.24) is 19.7 Å². The number of imide groups is 1. The Morgan fingerprint density at radius 2 is 1.81 bits per heavy atom. The number of aromatic nitrogens is 1. The van der Waals surface area contributed by atoms with Crippen LogP contribution in [0.25, 0.3) is 0 Å². The second-order valence-corrected chi connectivity index (χ2v) is 9.19. The minimum absolute atomic E-state index is 0.00276. The van der Waals surface area contributed by atoms with Gasteiger partial charge in [-0.05, 0) is 36.1 Å². The molecule has 3 atom stereocenters. The van der Waals surface area contributed by atoms with E-state index in [1.54, 1.807) is 41.3 Å². The average Bonchev–Trinajstić information content (AvgIpc) is 3.03. The zero-order chi connectivity index (χ0) is 22.4. The first-order chi connectivity index (χ1) is 15.4. The van der Waals surface area contributed by atoms with Gasteiger partial charge in [-0.25, -0.2) is 4.79 Å². The smallest absolute Gasteiger partial charge is 0.325 e. The zero-order valence-electron chi connectivity index (χ0n) is 17.4. The lowest BCUT2D eigenvalue weighted by atomic mass is 9.83. The van der Waals surface area contributed by atoms with Crippen LogP contribution in [-0.4, -0.2) is 51.3 Å². The van der Waals surface area contributed by atoms with E-state index >= 15 is 0 Å². The number of hydrogen-bond acceptors (Lipinski definition) is 4. The second kappa shape index (κ2) is 8.09. The van der Waals surface area contributed by atoms with Gasteiger partial charge in [-0.2, -0.15) is 0 Å². The molecule has 4 amide bonds. The number of benzene rings is 1. The number of carbonyl (C=O) groups is 3. The van der Waals surface area contributed by atoms with E-state index in [9.17, 15) is 19.2 Å². The molecule has 2 bridgehead atoms. The van der Waals surface area contributed by atoms with Gasteiger partial charge >= 0.3 is 6.03 Å². The summed E-state index contributed by atoms with van der Waals surface area (Å²) in [5.41, 5.74) is 1.74. The molecule has 4 heterocycles. The largest absolute Gasteiger partial charge is 0.342 e. The van der Waals surface area contributed by atoms with Crippen LogP contribution in [-0.2, 0) is 22.7 Å². The molecule has 3 aliphatic heterocycles. The average molecular weight is 455 g/mol. The Kier molecular flexibility index (Phi) is 5.25. The summed E-state index contributed by atoms with van der Waals surface area (Å²) >= 11 is 5.89. The number of amides is 4. The van der Waals surface area contributed by atoms with Crippen LogP contribution in [0.15, 0.2) is 47.3 Å². The highest BCUT2D eigenvalue weighted by molar-refractivity contribution is 6.30. The highest BCUT2D eigenvalue weighted by atomic mass is 35.5. The Morgan fingerprint density at radius 1 is 1.03 bits per heavy atom. The topological polar surface area (TPSA) is 91.7 Å². The van der Waals surface area contributed by atoms with Crippen molar-refractivity contribution in [3.63, 3.8) is 0 Å². The maximum atomic E-state index is 13.0. The van der Waals surface area contributed by atoms with Gasteiger partial charge < -0.3 is 14.8 Å². The molecule has 166 valence electrons. The molecule has 5 rings (SSSR count). The fraction of sp³-hybridized carbons (Fsp3) is 0.391. The minimum Gasteiger partial charge on any atom is -0.342 e. The lowest BCUT2D eigenvalue weighted by Gasteiger charge is -2.43. The summed E-state index contributed by atoms with van der Waals surface area (Å²) < 4.78 is 1.82. The molecule has 32 heavy (non-hydrogen) atoms. The molecule has 0 unspecified atom stereocenters. The lowest BCUT2D eigenvalue weighted by Crippen LogP contribution is -2.50. The third-order valence-electron chi connectivity index (χ3n) is 6.57. The Labute approximate surface area is 189 Å². The molecule has 0 saturated carbocycles. The van der Waals surface area contributed by atoms with Crippen molar-refractivity contribution >= 4 is 29.4 Å². The highest BCUT2D eigenvalue weighted by Crippen LogP contribution is 2.35. The zero-order valence-corrected chi connectivity index (χ0v) is 18.1. The highest BCUT2D eigenvalue weighted by Gasteiger charge is 2.41. The van der Waals surface area contributed by atoms with E-state index < -0.39 is 18.0 Å². The predicted molar refractivity (Wildman–Crippen MR) is 117 cm³/mol. The first-order valence-corrected chi connectivity index (χ1v) is 11.1. The second-order valence-electron chi connectivity index (χ2n) is 8.75. The molecule has 2 aromatic rings. The predicted octanol–water partition coefficient (Wildman–Crippen LogP) is 1.96. The molecule has 8 nitrogen and oxygen atoms in total. The van der Waals surface area contributed by atoms with E-state index in [2.05, 4.69) is 5.32 Å². The van der Waals surface area contributed by atoms with Crippen LogP contribution >= 0.6 is 11.6 Å². The summed E-state index contributed by atoms with van der Waals surface area (Å²) in [6, 6.07) is 10.9. The number of carbonyl (C=O) groups excluding carboxylic acids is 3. The fourth-order valence-electron chi connectivity index (χ4n) is 5.04. The number of hydrogen-bond donors (Lipinski definition) is 1. The van der Waals surface area contributed by atoms with Crippen molar-refractivity contribution in [2.75, 3.05) is 13.1 Å². The SMILES string of the molecule is O=C(C[C@H]1NC(=O)N(Cc2ccc(Cl)cc2)C1=O)N1C[C@H]2C[C@@H](C1)c1cccc(=O)n1C2. The van der Waals surface area contributed by atoms with Crippen LogP contribution in [0.5, 0.6) is 0 Å². The fourth-order valence-corrected chi connectivity index (χ4v) is 5.17. The number of nitrogens with zero attached hydrogens (tertiary/aromatic N) is 3. The van der Waals surface area contributed by atoms with Gasteiger partial charge in [0.2, 0.25) is 5.91 Å². The van der Waals surface area contributed by atoms with Crippen molar-refractivity contribution in [3.05, 3.63) is 69.1 Å². The van der Waals surface area contributed by atoms with E-state index in [0.29, 0.717) is 24.7 Å². The Balaban J connectivity index is 1.25. The van der Waals surface area contributed by atoms with Crippen LogP contribution in [0.3, 0.4) is 0 Å². The molecule has 0 aliphatic carbocycles. The van der Waals surface area contributed by atoms with E-state index in [1.165, 1.54) is 0 Å². The van der Waals surface area contributed by atoms with Crippen molar-refractivity contribution in [1.29, 1.82) is 0 Å². The van der Waals surface area contributed by atoms with E-state index in [0.717, 1.165) is 22.6 Å². The number of rotatable bonds is 4. The first-order valence-electron chi connectivity index (χ1n) is 10.7. The summed E-state index contributed by atoms with van der Waals surface area (Å²) in [6.45, 7) is 1.80. The third kappa shape index (κ3) is 3.79. The normalized spacial score (nSPS) is 24.3.